The van der Waals surface area contributed by atoms with Crippen LogP contribution in [0.25, 0.3) is 36.5 Å². The molecule has 0 amide bonds. The Morgan fingerprint density at radius 3 is 2.48 bits per heavy atom. The van der Waals surface area contributed by atoms with Crippen molar-refractivity contribution >= 4 is 55.0 Å². The Hall–Kier alpha value is -3.71. The molecule has 1 aliphatic carbocycles. The third kappa shape index (κ3) is 9.54. The van der Waals surface area contributed by atoms with Crippen molar-refractivity contribution in [2.45, 2.75) is 93.8 Å². The van der Waals surface area contributed by atoms with Gasteiger partial charge in [-0.05, 0) is 51.4 Å². The molecule has 0 saturated heterocycles. The molecule has 7 rings (SSSR count). The van der Waals surface area contributed by atoms with E-state index in [-0.39, 0.29) is 19.3 Å². The molecule has 0 aliphatic heterocycles. The molecule has 1 saturated carbocycles. The first-order chi connectivity index (χ1) is 23.7. The van der Waals surface area contributed by atoms with Crippen LogP contribution in [0.4, 0.5) is 0 Å². The van der Waals surface area contributed by atoms with Gasteiger partial charge in [-0.3, -0.25) is 4.79 Å². The van der Waals surface area contributed by atoms with E-state index in [0.717, 1.165) is 71.8 Å². The summed E-state index contributed by atoms with van der Waals surface area (Å²) in [6, 6.07) is 11.3. The summed E-state index contributed by atoms with van der Waals surface area (Å²) in [4.78, 5) is 26.6. The summed E-state index contributed by atoms with van der Waals surface area (Å²) in [5.41, 5.74) is 4.04. The summed E-state index contributed by atoms with van der Waals surface area (Å²) < 4.78 is 14.4. The number of aliphatic hydroxyl groups excluding tert-OH is 1. The van der Waals surface area contributed by atoms with Crippen LogP contribution in [0.2, 0.25) is 0 Å². The lowest BCUT2D eigenvalue weighted by atomic mass is 9.92. The largest absolute Gasteiger partial charge is 0.497 e. The van der Waals surface area contributed by atoms with E-state index in [1.807, 2.05) is 68.7 Å². The minimum absolute atomic E-state index is 0. The molecular weight excluding hydrogens is 687 g/mol. The standard InChI is InChI=1S/C25H19N5O3S3.C10H20O.C2H6.CH4/c1-13(31)15-4-6-16(7-5-15)23-26-17(12-34-23)11-33-21-9-18(32-3)8-19-22(21)36-24(27-19)20-10-30-25(28-20)35-14(2)29-30;1-3-9-6-8(2)4-5-10(11)7-9;1-2;/h4-10,12H,11H2,1-3H3;8-11H,3-7H2,1-2H3;1-2H3;1H4/t;8?,9?,10-;;/m.1../s1. The van der Waals surface area contributed by atoms with Gasteiger partial charge in [0.25, 0.3) is 0 Å². The van der Waals surface area contributed by atoms with Gasteiger partial charge in [0.05, 0.1) is 35.3 Å². The number of methoxy groups -OCH3 is 1. The number of aromatic nitrogens is 5. The van der Waals surface area contributed by atoms with E-state index < -0.39 is 0 Å². The van der Waals surface area contributed by atoms with Crippen molar-refractivity contribution in [3.8, 4) is 32.8 Å². The van der Waals surface area contributed by atoms with E-state index in [4.69, 9.17) is 19.4 Å². The van der Waals surface area contributed by atoms with Crippen LogP contribution in [0.5, 0.6) is 11.5 Å². The fourth-order valence-corrected chi connectivity index (χ4v) is 8.32. The highest BCUT2D eigenvalue weighted by Crippen LogP contribution is 2.39. The lowest BCUT2D eigenvalue weighted by molar-refractivity contribution is 0.101. The first-order valence-corrected chi connectivity index (χ1v) is 19.4. The lowest BCUT2D eigenvalue weighted by Crippen LogP contribution is -2.09. The number of carbonyl (C=O) groups excluding carboxylic acids is 1. The second kappa shape index (κ2) is 18.0. The Morgan fingerprint density at radius 2 is 1.80 bits per heavy atom. The summed E-state index contributed by atoms with van der Waals surface area (Å²) in [5, 5.41) is 18.6. The molecule has 12 heteroatoms. The number of aliphatic hydroxyl groups is 1. The van der Waals surface area contributed by atoms with Crippen molar-refractivity contribution in [1.29, 1.82) is 0 Å². The smallest absolute Gasteiger partial charge is 0.212 e. The van der Waals surface area contributed by atoms with Crippen LogP contribution in [0, 0.1) is 18.8 Å². The average Bonchev–Trinajstić information content (AvgIpc) is 3.89. The topological polar surface area (TPSA) is 112 Å². The maximum atomic E-state index is 11.5. The number of carbonyl (C=O) groups is 1. The van der Waals surface area contributed by atoms with Crippen LogP contribution in [0.3, 0.4) is 0 Å². The van der Waals surface area contributed by atoms with Gasteiger partial charge in [0.1, 0.15) is 38.8 Å². The Kier molecular flexibility index (Phi) is 14.1. The van der Waals surface area contributed by atoms with Gasteiger partial charge in [-0.1, -0.05) is 77.1 Å². The molecule has 4 aromatic heterocycles. The maximum absolute atomic E-state index is 11.5. The SMILES string of the molecule is C.CC.CCC1CC(C)CC[C@@H](O)C1.COc1cc(OCc2csc(-c3ccc(C(C)=O)cc3)n2)c2sc(-c3cn4nc(C)sc4n3)nc2c1. The molecule has 1 fully saturated rings. The number of nitrogens with zero attached hydrogens (tertiary/aromatic N) is 5. The Labute approximate surface area is 307 Å². The second-order valence-electron chi connectivity index (χ2n) is 12.1. The van der Waals surface area contributed by atoms with Crippen molar-refractivity contribution in [2.75, 3.05) is 7.11 Å². The van der Waals surface area contributed by atoms with Crippen molar-refractivity contribution < 1.29 is 19.4 Å². The third-order valence-electron chi connectivity index (χ3n) is 8.41. The van der Waals surface area contributed by atoms with E-state index in [9.17, 15) is 9.90 Å². The van der Waals surface area contributed by atoms with Crippen molar-refractivity contribution in [2.24, 2.45) is 11.8 Å². The fourth-order valence-electron chi connectivity index (χ4n) is 5.82. The normalized spacial score (nSPS) is 17.2. The zero-order valence-electron chi connectivity index (χ0n) is 29.2. The summed E-state index contributed by atoms with van der Waals surface area (Å²) in [7, 11) is 1.62. The van der Waals surface area contributed by atoms with Gasteiger partial charge in [-0.15, -0.1) is 22.7 Å². The summed E-state index contributed by atoms with van der Waals surface area (Å²) in [6.45, 7) is 12.4. The molecule has 1 aliphatic rings. The summed E-state index contributed by atoms with van der Waals surface area (Å²) in [5.74, 6) is 3.01. The second-order valence-corrected chi connectivity index (χ2v) is 15.1. The third-order valence-corrected chi connectivity index (χ3v) is 11.3. The summed E-state index contributed by atoms with van der Waals surface area (Å²) >= 11 is 4.61. The molecule has 0 spiro atoms. The fraction of sp³-hybridized carbons (Fsp3) is 0.447. The molecule has 268 valence electrons. The van der Waals surface area contributed by atoms with Crippen molar-refractivity contribution in [1.82, 2.24) is 24.6 Å². The first kappa shape index (κ1) is 39.1. The molecule has 1 N–H and O–H groups in total. The molecule has 50 heavy (non-hydrogen) atoms. The molecule has 0 radical (unpaired) electrons. The first-order valence-electron chi connectivity index (χ1n) is 16.9. The zero-order valence-corrected chi connectivity index (χ0v) is 31.7. The number of rotatable bonds is 8. The van der Waals surface area contributed by atoms with Crippen LogP contribution in [0.1, 0.15) is 95.2 Å². The number of benzene rings is 2. The van der Waals surface area contributed by atoms with E-state index in [1.54, 1.807) is 41.2 Å². The van der Waals surface area contributed by atoms with Crippen LogP contribution in [0.15, 0.2) is 48.0 Å². The average molecular weight is 736 g/mol. The number of ether oxygens (including phenoxy) is 2. The zero-order chi connectivity index (χ0) is 35.1. The minimum Gasteiger partial charge on any atom is -0.497 e. The van der Waals surface area contributed by atoms with Crippen LogP contribution in [-0.4, -0.2) is 48.7 Å². The predicted octanol–water partition coefficient (Wildman–Crippen LogP) is 10.5. The molecule has 0 bridgehead atoms. The van der Waals surface area contributed by atoms with Crippen molar-refractivity contribution in [3.05, 3.63) is 64.2 Å². The monoisotopic (exact) mass is 735 g/mol. The van der Waals surface area contributed by atoms with Crippen LogP contribution >= 0.6 is 34.0 Å². The highest BCUT2D eigenvalue weighted by molar-refractivity contribution is 7.22. The quantitative estimate of drug-likeness (QED) is 0.121. The van der Waals surface area contributed by atoms with Gasteiger partial charge in [0, 0.05) is 28.6 Å². The Balaban J connectivity index is 0.000000343. The lowest BCUT2D eigenvalue weighted by Gasteiger charge is -2.15. The number of imidazole rings is 1. The number of thiazole rings is 2. The number of Topliss-reactive ketones (excluding diaryl/α,β-unsaturated/α-hetero) is 1. The van der Waals surface area contributed by atoms with Crippen molar-refractivity contribution in [3.63, 3.8) is 0 Å². The highest BCUT2D eigenvalue weighted by atomic mass is 32.1. The molecular formula is C38H49N5O4S3. The maximum Gasteiger partial charge on any atom is 0.212 e. The highest BCUT2D eigenvalue weighted by Gasteiger charge is 2.21. The number of fused-ring (bicyclic) bond motifs is 2. The molecule has 9 nitrogen and oxygen atoms in total. The van der Waals surface area contributed by atoms with Gasteiger partial charge < -0.3 is 14.6 Å². The van der Waals surface area contributed by atoms with E-state index >= 15 is 0 Å². The van der Waals surface area contributed by atoms with Gasteiger partial charge in [-0.2, -0.15) is 5.10 Å². The summed E-state index contributed by atoms with van der Waals surface area (Å²) in [6.07, 6.45) is 7.74. The van der Waals surface area contributed by atoms with Gasteiger partial charge in [0.2, 0.25) is 4.96 Å². The van der Waals surface area contributed by atoms with Crippen LogP contribution < -0.4 is 9.47 Å². The molecule has 6 aromatic rings. The molecule has 4 heterocycles. The number of hydrogen-bond acceptors (Lipinski definition) is 11. The Bertz CT molecular complexity index is 1930. The van der Waals surface area contributed by atoms with E-state index in [0.29, 0.717) is 23.7 Å². The Morgan fingerprint density at radius 1 is 1.04 bits per heavy atom. The van der Waals surface area contributed by atoms with Gasteiger partial charge in [-0.25, -0.2) is 19.5 Å². The van der Waals surface area contributed by atoms with E-state index in [1.165, 1.54) is 30.6 Å². The molecule has 2 aromatic carbocycles. The van der Waals surface area contributed by atoms with E-state index in [2.05, 4.69) is 23.9 Å². The number of ketones is 1. The number of aryl methyl sites for hydroxylation is 1. The minimum atomic E-state index is -0.00935. The van der Waals surface area contributed by atoms with Gasteiger partial charge in [0.15, 0.2) is 5.78 Å². The molecule has 2 unspecified atom stereocenters. The predicted molar refractivity (Wildman–Crippen MR) is 208 cm³/mol. The molecule has 3 atom stereocenters. The van der Waals surface area contributed by atoms with Gasteiger partial charge >= 0.3 is 0 Å². The van der Waals surface area contributed by atoms with Crippen LogP contribution in [-0.2, 0) is 6.61 Å². The number of hydrogen-bond donors (Lipinski definition) is 1.